The number of rotatable bonds is 9. The lowest BCUT2D eigenvalue weighted by atomic mass is 9.83. The molecule has 1 amide bonds. The van der Waals surface area contributed by atoms with Crippen molar-refractivity contribution in [3.8, 4) is 10.6 Å². The molecular weight excluding hydrogens is 571 g/mol. The van der Waals surface area contributed by atoms with Gasteiger partial charge < -0.3 is 15.0 Å². The van der Waals surface area contributed by atoms with Crippen molar-refractivity contribution in [2.45, 2.75) is 46.0 Å². The molecule has 5 nitrogen and oxygen atoms in total. The maximum Gasteiger partial charge on any atom is 0.410 e. The summed E-state index contributed by atoms with van der Waals surface area (Å²) in [5.41, 5.74) is 2.42. The lowest BCUT2D eigenvalue weighted by molar-refractivity contribution is 0.101. The summed E-state index contributed by atoms with van der Waals surface area (Å²) in [6.07, 6.45) is -1.18. The predicted octanol–water partition coefficient (Wildman–Crippen LogP) is 7.96. The summed E-state index contributed by atoms with van der Waals surface area (Å²) in [5.74, 6) is -1.52. The molecule has 0 radical (unpaired) electrons. The standard InChI is InChI=1S/C34H36F3N3O2S/c1-34(2,3)31(38-18-24-19-40(20-28(24)37)33(41)42-21-23-12-8-5-9-13-23)30-29(16-22-10-6-4-7-11-22)43-32(39-30)26-17-25(35)14-15-27(26)36/h4-15,17,24,28,31,38H,16,18-21H2,1-3H3/t24-,28+,31+/m1/s1. The van der Waals surface area contributed by atoms with Gasteiger partial charge in [-0.15, -0.1) is 11.3 Å². The largest absolute Gasteiger partial charge is 0.445 e. The van der Waals surface area contributed by atoms with Crippen molar-refractivity contribution < 1.29 is 22.7 Å². The highest BCUT2D eigenvalue weighted by atomic mass is 32.1. The van der Waals surface area contributed by atoms with Crippen LogP contribution in [0.1, 0.15) is 48.5 Å². The van der Waals surface area contributed by atoms with Crippen LogP contribution in [-0.2, 0) is 17.8 Å². The first-order valence-corrected chi connectivity index (χ1v) is 15.2. The van der Waals surface area contributed by atoms with Gasteiger partial charge in [-0.2, -0.15) is 0 Å². The van der Waals surface area contributed by atoms with Crippen LogP contribution in [0.25, 0.3) is 10.6 Å². The molecule has 1 fully saturated rings. The second-order valence-electron chi connectivity index (χ2n) is 12.0. The van der Waals surface area contributed by atoms with Gasteiger partial charge in [-0.05, 0) is 34.7 Å². The lowest BCUT2D eigenvalue weighted by Crippen LogP contribution is -2.38. The van der Waals surface area contributed by atoms with E-state index in [1.165, 1.54) is 22.3 Å². The third kappa shape index (κ3) is 7.64. The van der Waals surface area contributed by atoms with E-state index < -0.39 is 29.8 Å². The van der Waals surface area contributed by atoms with Gasteiger partial charge in [-0.1, -0.05) is 81.4 Å². The van der Waals surface area contributed by atoms with Crippen LogP contribution in [-0.4, -0.2) is 41.8 Å². The Kier molecular flexibility index (Phi) is 9.52. The zero-order chi connectivity index (χ0) is 30.6. The summed E-state index contributed by atoms with van der Waals surface area (Å²) in [7, 11) is 0. The van der Waals surface area contributed by atoms with Crippen molar-refractivity contribution >= 4 is 17.4 Å². The summed E-state index contributed by atoms with van der Waals surface area (Å²) in [6.45, 7) is 6.82. The van der Waals surface area contributed by atoms with Gasteiger partial charge in [-0.3, -0.25) is 0 Å². The quantitative estimate of drug-likeness (QED) is 0.210. The monoisotopic (exact) mass is 607 g/mol. The number of hydrogen-bond acceptors (Lipinski definition) is 5. The van der Waals surface area contributed by atoms with Crippen molar-refractivity contribution in [2.24, 2.45) is 11.3 Å². The third-order valence-corrected chi connectivity index (χ3v) is 8.75. The molecule has 3 aromatic carbocycles. The number of hydrogen-bond donors (Lipinski definition) is 1. The number of alkyl halides is 1. The van der Waals surface area contributed by atoms with E-state index in [0.717, 1.165) is 33.8 Å². The number of likely N-dealkylation sites (tertiary alicyclic amines) is 1. The second kappa shape index (κ2) is 13.3. The molecule has 9 heteroatoms. The summed E-state index contributed by atoms with van der Waals surface area (Å²) in [4.78, 5) is 19.9. The molecule has 1 aliphatic heterocycles. The van der Waals surface area contributed by atoms with Gasteiger partial charge in [0.2, 0.25) is 0 Å². The van der Waals surface area contributed by atoms with Crippen LogP contribution in [0, 0.1) is 23.0 Å². The molecule has 0 unspecified atom stereocenters. The normalized spacial score (nSPS) is 17.7. The van der Waals surface area contributed by atoms with Gasteiger partial charge in [-0.25, -0.2) is 22.9 Å². The first kappa shape index (κ1) is 30.8. The molecule has 1 aliphatic rings. The number of thiazole rings is 1. The first-order valence-electron chi connectivity index (χ1n) is 14.4. The minimum Gasteiger partial charge on any atom is -0.445 e. The van der Waals surface area contributed by atoms with Crippen LogP contribution >= 0.6 is 11.3 Å². The Labute approximate surface area is 254 Å². The molecular formula is C34H36F3N3O2S. The van der Waals surface area contributed by atoms with Crippen LogP contribution in [0.5, 0.6) is 0 Å². The Bertz CT molecular complexity index is 1530. The number of benzene rings is 3. The maximum atomic E-state index is 15.2. The van der Waals surface area contributed by atoms with Crippen molar-refractivity contribution in [2.75, 3.05) is 19.6 Å². The average Bonchev–Trinajstić information content (AvgIpc) is 3.56. The molecule has 1 saturated heterocycles. The van der Waals surface area contributed by atoms with Crippen molar-refractivity contribution in [3.63, 3.8) is 0 Å². The smallest absolute Gasteiger partial charge is 0.410 e. The van der Waals surface area contributed by atoms with Gasteiger partial charge in [0.15, 0.2) is 0 Å². The molecule has 3 atom stereocenters. The number of nitrogens with one attached hydrogen (secondary N) is 1. The summed E-state index contributed by atoms with van der Waals surface area (Å²) < 4.78 is 49.6. The van der Waals surface area contributed by atoms with Crippen molar-refractivity contribution in [1.29, 1.82) is 0 Å². The maximum absolute atomic E-state index is 15.2. The fourth-order valence-corrected chi connectivity index (χ4v) is 6.49. The van der Waals surface area contributed by atoms with E-state index in [1.807, 2.05) is 60.7 Å². The highest BCUT2D eigenvalue weighted by molar-refractivity contribution is 7.15. The lowest BCUT2D eigenvalue weighted by Gasteiger charge is -2.32. The zero-order valence-corrected chi connectivity index (χ0v) is 25.3. The molecule has 0 saturated carbocycles. The minimum absolute atomic E-state index is 0.0287. The van der Waals surface area contributed by atoms with Crippen LogP contribution in [0.4, 0.5) is 18.0 Å². The molecule has 5 rings (SSSR count). The number of nitrogens with zero attached hydrogens (tertiary/aromatic N) is 2. The van der Waals surface area contributed by atoms with E-state index in [9.17, 15) is 13.6 Å². The Morgan fingerprint density at radius 1 is 1.02 bits per heavy atom. The fourth-order valence-electron chi connectivity index (χ4n) is 5.34. The summed E-state index contributed by atoms with van der Waals surface area (Å²) in [5, 5.41) is 3.93. The number of amides is 1. The first-order chi connectivity index (χ1) is 20.6. The van der Waals surface area contributed by atoms with Gasteiger partial charge in [0.1, 0.15) is 29.4 Å². The molecule has 2 heterocycles. The highest BCUT2D eigenvalue weighted by Gasteiger charge is 2.38. The predicted molar refractivity (Wildman–Crippen MR) is 163 cm³/mol. The molecule has 4 aromatic rings. The summed E-state index contributed by atoms with van der Waals surface area (Å²) >= 11 is 1.34. The van der Waals surface area contributed by atoms with Gasteiger partial charge in [0.25, 0.3) is 0 Å². The number of carbonyl (C=O) groups excluding carboxylic acids is 1. The number of halogens is 3. The Morgan fingerprint density at radius 3 is 2.37 bits per heavy atom. The van der Waals surface area contributed by atoms with E-state index in [-0.39, 0.29) is 36.7 Å². The van der Waals surface area contributed by atoms with Crippen LogP contribution in [0.3, 0.4) is 0 Å². The molecule has 1 N–H and O–H groups in total. The van der Waals surface area contributed by atoms with Gasteiger partial charge in [0.05, 0.1) is 18.3 Å². The van der Waals surface area contributed by atoms with Crippen LogP contribution in [0.2, 0.25) is 0 Å². The molecule has 1 aromatic heterocycles. The third-order valence-electron chi connectivity index (χ3n) is 7.64. The summed E-state index contributed by atoms with van der Waals surface area (Å²) in [6, 6.07) is 22.3. The van der Waals surface area contributed by atoms with E-state index in [4.69, 9.17) is 9.72 Å². The number of aromatic nitrogens is 1. The number of ether oxygens (including phenoxy) is 1. The Morgan fingerprint density at radius 2 is 1.70 bits per heavy atom. The van der Waals surface area contributed by atoms with Crippen LogP contribution < -0.4 is 5.32 Å². The van der Waals surface area contributed by atoms with Gasteiger partial charge >= 0.3 is 6.09 Å². The molecule has 0 spiro atoms. The highest BCUT2D eigenvalue weighted by Crippen LogP contribution is 2.40. The topological polar surface area (TPSA) is 54.5 Å². The van der Waals surface area contributed by atoms with Crippen molar-refractivity contribution in [3.05, 3.63) is 112 Å². The minimum atomic E-state index is -1.21. The number of carbonyl (C=O) groups is 1. The van der Waals surface area contributed by atoms with Crippen LogP contribution in [0.15, 0.2) is 78.9 Å². The zero-order valence-electron chi connectivity index (χ0n) is 24.5. The van der Waals surface area contributed by atoms with E-state index in [2.05, 4.69) is 26.1 Å². The van der Waals surface area contributed by atoms with E-state index in [0.29, 0.717) is 18.0 Å². The Balaban J connectivity index is 1.35. The fraction of sp³-hybridized carbons (Fsp3) is 0.353. The molecule has 0 aliphatic carbocycles. The molecule has 226 valence electrons. The average molecular weight is 608 g/mol. The SMILES string of the molecule is CC(C)(C)[C@@H](NC[C@@H]1CN(C(=O)OCc2ccccc2)C[C@@H]1F)c1nc(-c2cc(F)ccc2F)sc1Cc1ccccc1. The Hall–Kier alpha value is -3.69. The van der Waals surface area contributed by atoms with Crippen molar-refractivity contribution in [1.82, 2.24) is 15.2 Å². The van der Waals surface area contributed by atoms with Gasteiger partial charge in [0, 0.05) is 35.9 Å². The van der Waals surface area contributed by atoms with E-state index >= 15 is 4.39 Å². The molecule has 43 heavy (non-hydrogen) atoms. The molecule has 0 bridgehead atoms. The second-order valence-corrected chi connectivity index (χ2v) is 13.1. The van der Waals surface area contributed by atoms with E-state index in [1.54, 1.807) is 0 Å².